The highest BCUT2D eigenvalue weighted by molar-refractivity contribution is 7.80. The average molecular weight is 288 g/mol. The molecule has 3 rings (SSSR count). The van der Waals surface area contributed by atoms with Gasteiger partial charge in [0.1, 0.15) is 4.99 Å². The lowest BCUT2D eigenvalue weighted by Gasteiger charge is -2.22. The molecule has 0 aliphatic heterocycles. The number of nitrogens with zero attached hydrogens (tertiary/aromatic N) is 1. The molecule has 2 saturated carbocycles. The van der Waals surface area contributed by atoms with E-state index < -0.39 is 0 Å². The van der Waals surface area contributed by atoms with E-state index in [4.69, 9.17) is 18.0 Å². The Morgan fingerprint density at radius 2 is 1.85 bits per heavy atom. The summed E-state index contributed by atoms with van der Waals surface area (Å²) in [6.07, 6.45) is 5.43. The summed E-state index contributed by atoms with van der Waals surface area (Å²) in [4.78, 5) is 15.0. The van der Waals surface area contributed by atoms with Crippen LogP contribution >= 0.6 is 12.2 Å². The van der Waals surface area contributed by atoms with Crippen molar-refractivity contribution < 1.29 is 4.79 Å². The fourth-order valence-electron chi connectivity index (χ4n) is 2.48. The minimum Gasteiger partial charge on any atom is -0.389 e. The SMILES string of the molecule is NC(=S)c1ccc(CC(=O)N(CC2CC2)C2CC2)cc1. The van der Waals surface area contributed by atoms with E-state index in [9.17, 15) is 4.79 Å². The van der Waals surface area contributed by atoms with Crippen LogP contribution in [0.15, 0.2) is 24.3 Å². The molecule has 2 fully saturated rings. The summed E-state index contributed by atoms with van der Waals surface area (Å²) in [5.74, 6) is 1.03. The van der Waals surface area contributed by atoms with Crippen LogP contribution in [0, 0.1) is 5.92 Å². The minimum absolute atomic E-state index is 0.266. The van der Waals surface area contributed by atoms with Crippen molar-refractivity contribution in [2.75, 3.05) is 6.54 Å². The van der Waals surface area contributed by atoms with Gasteiger partial charge in [0.15, 0.2) is 0 Å². The van der Waals surface area contributed by atoms with Crippen molar-refractivity contribution in [1.82, 2.24) is 4.90 Å². The summed E-state index contributed by atoms with van der Waals surface area (Å²) in [6.45, 7) is 0.967. The molecule has 2 aliphatic carbocycles. The van der Waals surface area contributed by atoms with Crippen LogP contribution in [0.5, 0.6) is 0 Å². The number of thiocarbonyl (C=S) groups is 1. The maximum absolute atomic E-state index is 12.5. The molecular weight excluding hydrogens is 268 g/mol. The van der Waals surface area contributed by atoms with Crippen LogP contribution in [-0.4, -0.2) is 28.4 Å². The molecule has 0 saturated heterocycles. The molecule has 0 bridgehead atoms. The van der Waals surface area contributed by atoms with Crippen molar-refractivity contribution in [2.24, 2.45) is 11.7 Å². The predicted octanol–water partition coefficient (Wildman–Crippen LogP) is 2.26. The van der Waals surface area contributed by atoms with Gasteiger partial charge in [0.25, 0.3) is 0 Å². The normalized spacial score (nSPS) is 17.8. The second-order valence-electron chi connectivity index (χ2n) is 5.96. The van der Waals surface area contributed by atoms with Gasteiger partial charge in [-0.15, -0.1) is 0 Å². The molecule has 0 spiro atoms. The number of carbonyl (C=O) groups is 1. The summed E-state index contributed by atoms with van der Waals surface area (Å²) in [5.41, 5.74) is 7.47. The molecule has 0 unspecified atom stereocenters. The lowest BCUT2D eigenvalue weighted by molar-refractivity contribution is -0.131. The molecule has 0 heterocycles. The molecule has 20 heavy (non-hydrogen) atoms. The third-order valence-electron chi connectivity index (χ3n) is 4.05. The number of hydrogen-bond acceptors (Lipinski definition) is 2. The first kappa shape index (κ1) is 13.6. The quantitative estimate of drug-likeness (QED) is 0.817. The lowest BCUT2D eigenvalue weighted by atomic mass is 10.1. The zero-order valence-corrected chi connectivity index (χ0v) is 12.4. The van der Waals surface area contributed by atoms with Crippen LogP contribution in [0.25, 0.3) is 0 Å². The third-order valence-corrected chi connectivity index (χ3v) is 4.29. The number of nitrogens with two attached hydrogens (primary N) is 1. The van der Waals surface area contributed by atoms with Gasteiger partial charge in [-0.2, -0.15) is 0 Å². The molecule has 1 aromatic rings. The van der Waals surface area contributed by atoms with Crippen LogP contribution in [0.2, 0.25) is 0 Å². The van der Waals surface area contributed by atoms with Crippen molar-refractivity contribution in [3.63, 3.8) is 0 Å². The van der Waals surface area contributed by atoms with E-state index in [-0.39, 0.29) is 5.91 Å². The van der Waals surface area contributed by atoms with E-state index >= 15 is 0 Å². The monoisotopic (exact) mass is 288 g/mol. The van der Waals surface area contributed by atoms with Crippen LogP contribution in [-0.2, 0) is 11.2 Å². The summed E-state index contributed by atoms with van der Waals surface area (Å²) in [7, 11) is 0. The van der Waals surface area contributed by atoms with Gasteiger partial charge >= 0.3 is 0 Å². The Labute approximate surface area is 125 Å². The van der Waals surface area contributed by atoms with E-state index in [1.807, 2.05) is 24.3 Å². The van der Waals surface area contributed by atoms with Gasteiger partial charge in [-0.3, -0.25) is 4.79 Å². The Kier molecular flexibility index (Phi) is 3.74. The molecule has 2 N–H and O–H groups in total. The lowest BCUT2D eigenvalue weighted by Crippen LogP contribution is -2.36. The second-order valence-corrected chi connectivity index (χ2v) is 6.40. The van der Waals surface area contributed by atoms with Gasteiger partial charge in [0, 0.05) is 18.2 Å². The molecule has 2 aliphatic rings. The molecule has 1 aromatic carbocycles. The highest BCUT2D eigenvalue weighted by atomic mass is 32.1. The molecule has 106 valence electrons. The smallest absolute Gasteiger partial charge is 0.227 e. The van der Waals surface area contributed by atoms with Gasteiger partial charge in [0.05, 0.1) is 6.42 Å². The number of benzene rings is 1. The summed E-state index contributed by atoms with van der Waals surface area (Å²) >= 11 is 4.93. The van der Waals surface area contributed by atoms with Crippen molar-refractivity contribution in [3.05, 3.63) is 35.4 Å². The van der Waals surface area contributed by atoms with Crippen molar-refractivity contribution in [2.45, 2.75) is 38.1 Å². The highest BCUT2D eigenvalue weighted by Gasteiger charge is 2.36. The van der Waals surface area contributed by atoms with Crippen molar-refractivity contribution >= 4 is 23.1 Å². The first-order chi connectivity index (χ1) is 9.63. The number of hydrogen-bond donors (Lipinski definition) is 1. The summed E-state index contributed by atoms with van der Waals surface area (Å²) in [5, 5.41) is 0. The van der Waals surface area contributed by atoms with E-state index in [0.29, 0.717) is 17.5 Å². The van der Waals surface area contributed by atoms with Crippen LogP contribution in [0.3, 0.4) is 0 Å². The molecule has 3 nitrogen and oxygen atoms in total. The number of rotatable bonds is 6. The highest BCUT2D eigenvalue weighted by Crippen LogP contribution is 2.35. The van der Waals surface area contributed by atoms with Gasteiger partial charge in [-0.05, 0) is 37.2 Å². The van der Waals surface area contributed by atoms with E-state index in [2.05, 4.69) is 4.90 Å². The molecule has 0 radical (unpaired) electrons. The first-order valence-corrected chi connectivity index (χ1v) is 7.72. The van der Waals surface area contributed by atoms with Crippen molar-refractivity contribution in [3.8, 4) is 0 Å². The van der Waals surface area contributed by atoms with Gasteiger partial charge in [0.2, 0.25) is 5.91 Å². The topological polar surface area (TPSA) is 46.3 Å². The molecular formula is C16H20N2OS. The van der Waals surface area contributed by atoms with Gasteiger partial charge < -0.3 is 10.6 Å². The minimum atomic E-state index is 0.266. The second kappa shape index (κ2) is 5.52. The number of carbonyl (C=O) groups excluding carboxylic acids is 1. The van der Waals surface area contributed by atoms with Gasteiger partial charge in [-0.25, -0.2) is 0 Å². The zero-order chi connectivity index (χ0) is 14.1. The standard InChI is InChI=1S/C16H20N2OS/c17-16(20)13-5-3-11(4-6-13)9-15(19)18(14-7-8-14)10-12-1-2-12/h3-6,12,14H,1-2,7-10H2,(H2,17,20). The van der Waals surface area contributed by atoms with Crippen molar-refractivity contribution in [1.29, 1.82) is 0 Å². The Hall–Kier alpha value is -1.42. The van der Waals surface area contributed by atoms with Crippen LogP contribution < -0.4 is 5.73 Å². The zero-order valence-electron chi connectivity index (χ0n) is 11.5. The van der Waals surface area contributed by atoms with Crippen LogP contribution in [0.1, 0.15) is 36.8 Å². The number of amides is 1. The van der Waals surface area contributed by atoms with E-state index in [0.717, 1.165) is 23.6 Å². The maximum atomic E-state index is 12.5. The first-order valence-electron chi connectivity index (χ1n) is 7.31. The fourth-order valence-corrected chi connectivity index (χ4v) is 2.62. The Balaban J connectivity index is 1.62. The van der Waals surface area contributed by atoms with E-state index in [1.165, 1.54) is 25.7 Å². The largest absolute Gasteiger partial charge is 0.389 e. The summed E-state index contributed by atoms with van der Waals surface area (Å²) < 4.78 is 0. The molecule has 4 heteroatoms. The average Bonchev–Trinajstić information content (AvgIpc) is 3.29. The van der Waals surface area contributed by atoms with Crippen LogP contribution in [0.4, 0.5) is 0 Å². The van der Waals surface area contributed by atoms with E-state index in [1.54, 1.807) is 0 Å². The Morgan fingerprint density at radius 1 is 1.20 bits per heavy atom. The molecule has 1 amide bonds. The fraction of sp³-hybridized carbons (Fsp3) is 0.500. The van der Waals surface area contributed by atoms with Gasteiger partial charge in [-0.1, -0.05) is 36.5 Å². The Bertz CT molecular complexity index is 518. The summed E-state index contributed by atoms with van der Waals surface area (Å²) in [6, 6.07) is 8.21. The molecule has 0 aromatic heterocycles. The molecule has 0 atom stereocenters. The third kappa shape index (κ3) is 3.37. The maximum Gasteiger partial charge on any atom is 0.227 e. The predicted molar refractivity (Wildman–Crippen MR) is 83.5 cm³/mol. The Morgan fingerprint density at radius 3 is 2.35 bits per heavy atom.